The third kappa shape index (κ3) is 4.22. The van der Waals surface area contributed by atoms with E-state index in [9.17, 15) is 9.59 Å². The van der Waals surface area contributed by atoms with Gasteiger partial charge < -0.3 is 19.1 Å². The summed E-state index contributed by atoms with van der Waals surface area (Å²) < 4.78 is 16.3. The number of carbonyl (C=O) groups is 2. The van der Waals surface area contributed by atoms with Crippen LogP contribution in [0, 0.1) is 0 Å². The zero-order valence-electron chi connectivity index (χ0n) is 15.8. The number of rotatable bonds is 6. The first-order valence-electron chi connectivity index (χ1n) is 8.77. The minimum absolute atomic E-state index is 0.00309. The molecule has 6 heteroatoms. The van der Waals surface area contributed by atoms with E-state index >= 15 is 0 Å². The van der Waals surface area contributed by atoms with Crippen molar-refractivity contribution in [2.45, 2.75) is 19.9 Å². The van der Waals surface area contributed by atoms with E-state index in [1.54, 1.807) is 43.4 Å². The summed E-state index contributed by atoms with van der Waals surface area (Å²) in [6.45, 7) is 2.62. The van der Waals surface area contributed by atoms with Gasteiger partial charge in [-0.25, -0.2) is 0 Å². The average Bonchev–Trinajstić information content (AvgIpc) is 2.70. The Morgan fingerprint density at radius 1 is 1.00 bits per heavy atom. The van der Waals surface area contributed by atoms with Crippen molar-refractivity contribution in [1.82, 2.24) is 4.90 Å². The summed E-state index contributed by atoms with van der Waals surface area (Å²) in [4.78, 5) is 25.6. The fourth-order valence-corrected chi connectivity index (χ4v) is 3.12. The first kappa shape index (κ1) is 18.8. The molecule has 0 aromatic heterocycles. The first-order chi connectivity index (χ1) is 13.0. The van der Waals surface area contributed by atoms with Gasteiger partial charge in [0.05, 0.1) is 14.2 Å². The van der Waals surface area contributed by atoms with E-state index < -0.39 is 0 Å². The van der Waals surface area contributed by atoms with Gasteiger partial charge in [0.1, 0.15) is 5.75 Å². The zero-order valence-corrected chi connectivity index (χ0v) is 15.8. The van der Waals surface area contributed by atoms with Crippen molar-refractivity contribution >= 4 is 11.7 Å². The molecule has 0 spiro atoms. The van der Waals surface area contributed by atoms with E-state index in [1.165, 1.54) is 6.92 Å². The van der Waals surface area contributed by atoms with Gasteiger partial charge in [0, 0.05) is 18.7 Å². The smallest absolute Gasteiger partial charge is 0.260 e. The van der Waals surface area contributed by atoms with E-state index in [0.29, 0.717) is 35.9 Å². The molecule has 0 unspecified atom stereocenters. The minimum Gasteiger partial charge on any atom is -0.493 e. The maximum Gasteiger partial charge on any atom is 0.260 e. The number of nitrogens with zero attached hydrogens (tertiary/aromatic N) is 1. The van der Waals surface area contributed by atoms with Crippen molar-refractivity contribution < 1.29 is 23.8 Å². The molecular weight excluding hydrogens is 346 g/mol. The van der Waals surface area contributed by atoms with Crippen LogP contribution in [0.15, 0.2) is 36.4 Å². The molecule has 0 aliphatic carbocycles. The zero-order chi connectivity index (χ0) is 19.4. The molecule has 3 rings (SSSR count). The molecule has 0 fully saturated rings. The number of amides is 1. The van der Waals surface area contributed by atoms with Crippen LogP contribution in [0.4, 0.5) is 0 Å². The highest BCUT2D eigenvalue weighted by molar-refractivity contribution is 5.94. The molecule has 1 aliphatic heterocycles. The van der Waals surface area contributed by atoms with Gasteiger partial charge >= 0.3 is 0 Å². The highest BCUT2D eigenvalue weighted by atomic mass is 16.5. The van der Waals surface area contributed by atoms with E-state index in [0.717, 1.165) is 17.5 Å². The number of hydrogen-bond acceptors (Lipinski definition) is 5. The molecule has 142 valence electrons. The fraction of sp³-hybridized carbons (Fsp3) is 0.333. The Bertz CT molecular complexity index is 844. The third-order valence-electron chi connectivity index (χ3n) is 4.69. The van der Waals surface area contributed by atoms with Crippen LogP contribution in [0.3, 0.4) is 0 Å². The largest absolute Gasteiger partial charge is 0.493 e. The molecule has 2 aromatic rings. The predicted molar refractivity (Wildman–Crippen MR) is 101 cm³/mol. The second kappa shape index (κ2) is 8.12. The van der Waals surface area contributed by atoms with Crippen LogP contribution in [0.1, 0.15) is 28.4 Å². The first-order valence-corrected chi connectivity index (χ1v) is 8.77. The summed E-state index contributed by atoms with van der Waals surface area (Å²) in [5.41, 5.74) is 2.83. The number of carbonyl (C=O) groups excluding carboxylic acids is 2. The van der Waals surface area contributed by atoms with Crippen LogP contribution in [-0.4, -0.2) is 44.0 Å². The lowest BCUT2D eigenvalue weighted by Gasteiger charge is -2.29. The van der Waals surface area contributed by atoms with Crippen LogP contribution in [0.25, 0.3) is 0 Å². The molecule has 0 atom stereocenters. The summed E-state index contributed by atoms with van der Waals surface area (Å²) >= 11 is 0. The number of benzene rings is 2. The fourth-order valence-electron chi connectivity index (χ4n) is 3.12. The lowest BCUT2D eigenvalue weighted by atomic mass is 9.99. The Morgan fingerprint density at radius 3 is 2.22 bits per heavy atom. The number of Topliss-reactive ketones (excluding diaryl/α,β-unsaturated/α-hetero) is 1. The van der Waals surface area contributed by atoms with Crippen LogP contribution >= 0.6 is 0 Å². The standard InChI is InChI=1S/C21H23NO5/c1-14(23)15-4-6-18(7-5-15)27-13-21(24)22-9-8-16-10-19(25-2)20(26-3)11-17(16)12-22/h4-7,10-11H,8-9,12-13H2,1-3H3. The average molecular weight is 369 g/mol. The van der Waals surface area contributed by atoms with Gasteiger partial charge in [0.15, 0.2) is 23.9 Å². The molecule has 0 saturated carbocycles. The van der Waals surface area contributed by atoms with Crippen LogP contribution < -0.4 is 14.2 Å². The second-order valence-electron chi connectivity index (χ2n) is 6.41. The molecule has 0 saturated heterocycles. The number of fused-ring (bicyclic) bond motifs is 1. The van der Waals surface area contributed by atoms with Gasteiger partial charge in [0.2, 0.25) is 0 Å². The lowest BCUT2D eigenvalue weighted by molar-refractivity contribution is -0.134. The Labute approximate surface area is 158 Å². The normalized spacial score (nSPS) is 12.9. The monoisotopic (exact) mass is 369 g/mol. The number of ether oxygens (including phenoxy) is 3. The molecule has 1 aliphatic rings. The van der Waals surface area contributed by atoms with Crippen molar-refractivity contribution in [3.05, 3.63) is 53.1 Å². The molecular formula is C21H23NO5. The SMILES string of the molecule is COc1cc2c(cc1OC)CN(C(=O)COc1ccc(C(C)=O)cc1)CC2. The van der Waals surface area contributed by atoms with E-state index in [-0.39, 0.29) is 18.3 Å². The van der Waals surface area contributed by atoms with Gasteiger partial charge in [-0.05, 0) is 60.9 Å². The van der Waals surface area contributed by atoms with Crippen molar-refractivity contribution in [3.63, 3.8) is 0 Å². The number of methoxy groups -OCH3 is 2. The van der Waals surface area contributed by atoms with E-state index in [4.69, 9.17) is 14.2 Å². The van der Waals surface area contributed by atoms with Crippen molar-refractivity contribution in [3.8, 4) is 17.2 Å². The van der Waals surface area contributed by atoms with Crippen molar-refractivity contribution in [2.75, 3.05) is 27.4 Å². The Balaban J connectivity index is 1.62. The molecule has 0 bridgehead atoms. The van der Waals surface area contributed by atoms with E-state index in [2.05, 4.69) is 0 Å². The predicted octanol–water partition coefficient (Wildman–Crippen LogP) is 2.87. The maximum absolute atomic E-state index is 12.5. The van der Waals surface area contributed by atoms with Gasteiger partial charge in [0.25, 0.3) is 5.91 Å². The summed E-state index contributed by atoms with van der Waals surface area (Å²) in [6, 6.07) is 10.7. The highest BCUT2D eigenvalue weighted by Crippen LogP contribution is 2.33. The van der Waals surface area contributed by atoms with Crippen LogP contribution in [0.5, 0.6) is 17.2 Å². The van der Waals surface area contributed by atoms with Gasteiger partial charge in [-0.15, -0.1) is 0 Å². The van der Waals surface area contributed by atoms with Crippen molar-refractivity contribution in [2.24, 2.45) is 0 Å². The Morgan fingerprint density at radius 2 is 1.63 bits per heavy atom. The summed E-state index contributed by atoms with van der Waals surface area (Å²) in [6.07, 6.45) is 0.759. The molecule has 0 radical (unpaired) electrons. The topological polar surface area (TPSA) is 65.1 Å². The lowest BCUT2D eigenvalue weighted by Crippen LogP contribution is -2.38. The highest BCUT2D eigenvalue weighted by Gasteiger charge is 2.23. The van der Waals surface area contributed by atoms with Crippen LogP contribution in [-0.2, 0) is 17.8 Å². The maximum atomic E-state index is 12.5. The molecule has 27 heavy (non-hydrogen) atoms. The minimum atomic E-state index is -0.0777. The molecule has 1 heterocycles. The molecule has 0 N–H and O–H groups in total. The molecule has 6 nitrogen and oxygen atoms in total. The molecule has 1 amide bonds. The summed E-state index contributed by atoms with van der Waals surface area (Å²) in [5, 5.41) is 0. The van der Waals surface area contributed by atoms with E-state index in [1.807, 2.05) is 12.1 Å². The number of hydrogen-bond donors (Lipinski definition) is 0. The van der Waals surface area contributed by atoms with Crippen molar-refractivity contribution in [1.29, 1.82) is 0 Å². The Hall–Kier alpha value is -3.02. The van der Waals surface area contributed by atoms with Crippen LogP contribution in [0.2, 0.25) is 0 Å². The third-order valence-corrected chi connectivity index (χ3v) is 4.69. The molecule has 2 aromatic carbocycles. The second-order valence-corrected chi connectivity index (χ2v) is 6.41. The number of ketones is 1. The van der Waals surface area contributed by atoms with Gasteiger partial charge in [-0.2, -0.15) is 0 Å². The summed E-state index contributed by atoms with van der Waals surface area (Å²) in [7, 11) is 3.21. The Kier molecular flexibility index (Phi) is 5.64. The quantitative estimate of drug-likeness (QED) is 0.733. The summed E-state index contributed by atoms with van der Waals surface area (Å²) in [5.74, 6) is 1.85. The van der Waals surface area contributed by atoms with Gasteiger partial charge in [-0.1, -0.05) is 0 Å². The van der Waals surface area contributed by atoms with Gasteiger partial charge in [-0.3, -0.25) is 9.59 Å².